The van der Waals surface area contributed by atoms with Gasteiger partial charge in [-0.05, 0) is 60.0 Å². The lowest BCUT2D eigenvalue weighted by Gasteiger charge is -2.08. The molecule has 0 aliphatic heterocycles. The van der Waals surface area contributed by atoms with Crippen molar-refractivity contribution in [3.8, 4) is 22.4 Å². The summed E-state index contributed by atoms with van der Waals surface area (Å²) in [5.41, 5.74) is 6.89. The number of carbonyl (C=O) groups excluding carboxylic acids is 1. The summed E-state index contributed by atoms with van der Waals surface area (Å²) in [4.78, 5) is 21.0. The summed E-state index contributed by atoms with van der Waals surface area (Å²) in [7, 11) is 0. The molecule has 142 valence electrons. The van der Waals surface area contributed by atoms with Crippen molar-refractivity contribution in [1.82, 2.24) is 15.3 Å². The fourth-order valence-corrected chi connectivity index (χ4v) is 3.10. The molecular formula is C25H21N3O. The highest BCUT2D eigenvalue weighted by Crippen LogP contribution is 2.20. The van der Waals surface area contributed by atoms with Gasteiger partial charge in [0, 0.05) is 36.3 Å². The smallest absolute Gasteiger partial charge is 0.251 e. The number of carbonyl (C=O) groups is 1. The Morgan fingerprint density at radius 3 is 2.28 bits per heavy atom. The second-order valence-electron chi connectivity index (χ2n) is 6.92. The molecule has 1 N–H and O–H groups in total. The molecule has 2 aromatic heterocycles. The van der Waals surface area contributed by atoms with E-state index in [1.807, 2.05) is 48.5 Å². The summed E-state index contributed by atoms with van der Waals surface area (Å²) in [6, 6.07) is 23.8. The summed E-state index contributed by atoms with van der Waals surface area (Å²) in [5.74, 6) is -0.0970. The van der Waals surface area contributed by atoms with Crippen LogP contribution in [0.5, 0.6) is 0 Å². The summed E-state index contributed by atoms with van der Waals surface area (Å²) < 4.78 is 0. The minimum atomic E-state index is -0.0970. The SMILES string of the molecule is Cc1ccc(-c2ccc(C(=O)NCc3ccnc(-c4cccnc4)c3)cc2)cc1. The first-order valence-electron chi connectivity index (χ1n) is 9.50. The molecule has 1 amide bonds. The van der Waals surface area contributed by atoms with Crippen molar-refractivity contribution in [2.45, 2.75) is 13.5 Å². The number of amides is 1. The molecule has 0 saturated heterocycles. The van der Waals surface area contributed by atoms with Gasteiger partial charge in [0.05, 0.1) is 5.69 Å². The largest absolute Gasteiger partial charge is 0.348 e. The van der Waals surface area contributed by atoms with Crippen molar-refractivity contribution in [2.24, 2.45) is 0 Å². The Bertz CT molecular complexity index is 1100. The predicted octanol–water partition coefficient (Wildman–Crippen LogP) is 5.05. The van der Waals surface area contributed by atoms with Gasteiger partial charge in [-0.15, -0.1) is 0 Å². The molecule has 4 rings (SSSR count). The van der Waals surface area contributed by atoms with E-state index in [9.17, 15) is 4.79 Å². The summed E-state index contributed by atoms with van der Waals surface area (Å²) in [5, 5.41) is 2.98. The van der Waals surface area contributed by atoms with Gasteiger partial charge in [0.25, 0.3) is 5.91 Å². The lowest BCUT2D eigenvalue weighted by Crippen LogP contribution is -2.22. The molecule has 2 aromatic carbocycles. The fraction of sp³-hybridized carbons (Fsp3) is 0.0800. The van der Waals surface area contributed by atoms with Gasteiger partial charge in [-0.1, -0.05) is 42.0 Å². The van der Waals surface area contributed by atoms with Crippen LogP contribution in [0.15, 0.2) is 91.4 Å². The number of rotatable bonds is 5. The van der Waals surface area contributed by atoms with Crippen molar-refractivity contribution in [2.75, 3.05) is 0 Å². The Labute approximate surface area is 170 Å². The van der Waals surface area contributed by atoms with E-state index >= 15 is 0 Å². The molecule has 0 aliphatic rings. The highest BCUT2D eigenvalue weighted by Gasteiger charge is 2.07. The second kappa shape index (κ2) is 8.48. The number of nitrogens with one attached hydrogen (secondary N) is 1. The number of hydrogen-bond donors (Lipinski definition) is 1. The van der Waals surface area contributed by atoms with Crippen LogP contribution >= 0.6 is 0 Å². The Morgan fingerprint density at radius 2 is 1.59 bits per heavy atom. The average Bonchev–Trinajstić information content (AvgIpc) is 2.79. The zero-order valence-electron chi connectivity index (χ0n) is 16.2. The number of aromatic nitrogens is 2. The number of hydrogen-bond acceptors (Lipinski definition) is 3. The van der Waals surface area contributed by atoms with E-state index in [0.29, 0.717) is 12.1 Å². The van der Waals surface area contributed by atoms with Crippen molar-refractivity contribution in [1.29, 1.82) is 0 Å². The van der Waals surface area contributed by atoms with Gasteiger partial charge in [-0.25, -0.2) is 0 Å². The Morgan fingerprint density at radius 1 is 0.862 bits per heavy atom. The molecule has 4 heteroatoms. The van der Waals surface area contributed by atoms with Gasteiger partial charge < -0.3 is 5.32 Å². The lowest BCUT2D eigenvalue weighted by molar-refractivity contribution is 0.0951. The van der Waals surface area contributed by atoms with E-state index in [2.05, 4.69) is 46.5 Å². The molecule has 4 aromatic rings. The van der Waals surface area contributed by atoms with Crippen LogP contribution in [0.25, 0.3) is 22.4 Å². The molecule has 4 nitrogen and oxygen atoms in total. The van der Waals surface area contributed by atoms with Crippen LogP contribution in [0.2, 0.25) is 0 Å². The van der Waals surface area contributed by atoms with Crippen LogP contribution in [0.1, 0.15) is 21.5 Å². The molecule has 2 heterocycles. The van der Waals surface area contributed by atoms with Crippen LogP contribution in [-0.4, -0.2) is 15.9 Å². The summed E-state index contributed by atoms with van der Waals surface area (Å²) in [6.45, 7) is 2.51. The maximum Gasteiger partial charge on any atom is 0.251 e. The quantitative estimate of drug-likeness (QED) is 0.528. The maximum absolute atomic E-state index is 12.5. The molecule has 0 atom stereocenters. The van der Waals surface area contributed by atoms with Crippen molar-refractivity contribution >= 4 is 5.91 Å². The summed E-state index contributed by atoms with van der Waals surface area (Å²) in [6.07, 6.45) is 5.26. The van der Waals surface area contributed by atoms with E-state index in [0.717, 1.165) is 27.9 Å². The van der Waals surface area contributed by atoms with E-state index in [1.165, 1.54) is 5.56 Å². The lowest BCUT2D eigenvalue weighted by atomic mass is 10.0. The van der Waals surface area contributed by atoms with Crippen LogP contribution < -0.4 is 5.32 Å². The minimum absolute atomic E-state index is 0.0970. The van der Waals surface area contributed by atoms with Gasteiger partial charge in [0.1, 0.15) is 0 Å². The molecule has 29 heavy (non-hydrogen) atoms. The third-order valence-electron chi connectivity index (χ3n) is 4.77. The van der Waals surface area contributed by atoms with E-state index < -0.39 is 0 Å². The standard InChI is InChI=1S/C25H21N3O/c1-18-4-6-20(7-5-18)21-8-10-22(11-9-21)25(29)28-16-19-12-14-27-24(15-19)23-3-2-13-26-17-23/h2-15,17H,16H2,1H3,(H,28,29). The van der Waals surface area contributed by atoms with Crippen molar-refractivity contribution in [3.05, 3.63) is 108 Å². The zero-order valence-corrected chi connectivity index (χ0v) is 16.2. The summed E-state index contributed by atoms with van der Waals surface area (Å²) >= 11 is 0. The highest BCUT2D eigenvalue weighted by molar-refractivity contribution is 5.94. The Kier molecular flexibility index (Phi) is 5.43. The first-order valence-corrected chi connectivity index (χ1v) is 9.50. The molecule has 0 saturated carbocycles. The topological polar surface area (TPSA) is 54.9 Å². The molecule has 0 fully saturated rings. The third kappa shape index (κ3) is 4.55. The molecule has 0 unspecified atom stereocenters. The second-order valence-corrected chi connectivity index (χ2v) is 6.92. The molecule has 0 spiro atoms. The molecule has 0 aliphatic carbocycles. The van der Waals surface area contributed by atoms with E-state index in [1.54, 1.807) is 18.6 Å². The monoisotopic (exact) mass is 379 g/mol. The van der Waals surface area contributed by atoms with Gasteiger partial charge in [-0.3, -0.25) is 14.8 Å². The van der Waals surface area contributed by atoms with Gasteiger partial charge >= 0.3 is 0 Å². The third-order valence-corrected chi connectivity index (χ3v) is 4.77. The van der Waals surface area contributed by atoms with Gasteiger partial charge in [0.2, 0.25) is 0 Å². The Balaban J connectivity index is 1.42. The first-order chi connectivity index (χ1) is 14.2. The number of nitrogens with zero attached hydrogens (tertiary/aromatic N) is 2. The average molecular weight is 379 g/mol. The van der Waals surface area contributed by atoms with Gasteiger partial charge in [0.15, 0.2) is 0 Å². The van der Waals surface area contributed by atoms with Crippen molar-refractivity contribution < 1.29 is 4.79 Å². The number of pyridine rings is 2. The van der Waals surface area contributed by atoms with Gasteiger partial charge in [-0.2, -0.15) is 0 Å². The van der Waals surface area contributed by atoms with Crippen LogP contribution in [0, 0.1) is 6.92 Å². The Hall–Kier alpha value is -3.79. The normalized spacial score (nSPS) is 10.5. The fourth-order valence-electron chi connectivity index (χ4n) is 3.10. The van der Waals surface area contributed by atoms with E-state index in [-0.39, 0.29) is 5.91 Å². The van der Waals surface area contributed by atoms with Crippen LogP contribution in [-0.2, 0) is 6.54 Å². The molecule has 0 radical (unpaired) electrons. The number of benzene rings is 2. The van der Waals surface area contributed by atoms with E-state index in [4.69, 9.17) is 0 Å². The highest BCUT2D eigenvalue weighted by atomic mass is 16.1. The predicted molar refractivity (Wildman–Crippen MR) is 115 cm³/mol. The van der Waals surface area contributed by atoms with Crippen LogP contribution in [0.4, 0.5) is 0 Å². The maximum atomic E-state index is 12.5. The minimum Gasteiger partial charge on any atom is -0.348 e. The van der Waals surface area contributed by atoms with Crippen molar-refractivity contribution in [3.63, 3.8) is 0 Å². The zero-order chi connectivity index (χ0) is 20.1. The molecule has 0 bridgehead atoms. The van der Waals surface area contributed by atoms with Crippen LogP contribution in [0.3, 0.4) is 0 Å². The molecular weight excluding hydrogens is 358 g/mol. The first kappa shape index (κ1) is 18.6. The number of aryl methyl sites for hydroxylation is 1.